The van der Waals surface area contributed by atoms with Gasteiger partial charge in [-0.2, -0.15) is 0 Å². The molecule has 18 heavy (non-hydrogen) atoms. The lowest BCUT2D eigenvalue weighted by molar-refractivity contribution is 0.504. The predicted molar refractivity (Wildman–Crippen MR) is 76.0 cm³/mol. The Balaban J connectivity index is 2.09. The second-order valence-corrected chi connectivity index (χ2v) is 5.18. The van der Waals surface area contributed by atoms with Gasteiger partial charge in [0, 0.05) is 29.6 Å². The van der Waals surface area contributed by atoms with Gasteiger partial charge in [0.25, 0.3) is 0 Å². The molecule has 0 aliphatic carbocycles. The molecule has 2 heterocycles. The number of hydrogen-bond acceptors (Lipinski definition) is 2. The zero-order chi connectivity index (χ0) is 12.7. The molecular weight excluding hydrogens is 269 g/mol. The van der Waals surface area contributed by atoms with Gasteiger partial charge >= 0.3 is 0 Å². The molecule has 0 fully saturated rings. The van der Waals surface area contributed by atoms with E-state index in [-0.39, 0.29) is 0 Å². The molecule has 0 radical (unpaired) electrons. The Morgan fingerprint density at radius 3 is 2.78 bits per heavy atom. The SMILES string of the molecule is CN1C=CC(c2cc3cc(Cl)cc(Cl)c3o2)=CC1. The van der Waals surface area contributed by atoms with E-state index in [1.807, 2.05) is 31.5 Å². The average molecular weight is 280 g/mol. The molecule has 2 nitrogen and oxygen atoms in total. The summed E-state index contributed by atoms with van der Waals surface area (Å²) in [5.74, 6) is 0.818. The predicted octanol–water partition coefficient (Wildman–Crippen LogP) is 4.58. The summed E-state index contributed by atoms with van der Waals surface area (Å²) in [6, 6.07) is 5.52. The number of likely N-dealkylation sites (N-methyl/N-ethyl adjacent to an activating group) is 1. The van der Waals surface area contributed by atoms with Crippen LogP contribution in [0.15, 0.2) is 41.0 Å². The van der Waals surface area contributed by atoms with Gasteiger partial charge in [0.1, 0.15) is 5.76 Å². The van der Waals surface area contributed by atoms with Gasteiger partial charge in [-0.1, -0.05) is 29.3 Å². The van der Waals surface area contributed by atoms with Crippen molar-refractivity contribution in [3.05, 3.63) is 52.4 Å². The maximum atomic E-state index is 6.11. The average Bonchev–Trinajstić information content (AvgIpc) is 2.74. The third-order valence-electron chi connectivity index (χ3n) is 2.93. The lowest BCUT2D eigenvalue weighted by Gasteiger charge is -2.15. The van der Waals surface area contributed by atoms with E-state index in [0.717, 1.165) is 23.3 Å². The number of fused-ring (bicyclic) bond motifs is 1. The van der Waals surface area contributed by atoms with Crippen LogP contribution in [-0.2, 0) is 0 Å². The first-order chi connectivity index (χ1) is 8.63. The summed E-state index contributed by atoms with van der Waals surface area (Å²) in [6.45, 7) is 0.872. The smallest absolute Gasteiger partial charge is 0.153 e. The van der Waals surface area contributed by atoms with Crippen LogP contribution < -0.4 is 0 Å². The number of allylic oxidation sites excluding steroid dienone is 2. The van der Waals surface area contributed by atoms with Crippen LogP contribution in [0.5, 0.6) is 0 Å². The van der Waals surface area contributed by atoms with Gasteiger partial charge in [-0.15, -0.1) is 0 Å². The van der Waals surface area contributed by atoms with Gasteiger partial charge in [0.15, 0.2) is 5.58 Å². The molecular formula is C14H11Cl2NO. The Morgan fingerprint density at radius 1 is 1.22 bits per heavy atom. The monoisotopic (exact) mass is 279 g/mol. The van der Waals surface area contributed by atoms with E-state index >= 15 is 0 Å². The minimum Gasteiger partial charge on any atom is -0.455 e. The molecule has 1 aliphatic rings. The second-order valence-electron chi connectivity index (χ2n) is 4.33. The van der Waals surface area contributed by atoms with Crippen molar-refractivity contribution in [2.45, 2.75) is 0 Å². The van der Waals surface area contributed by atoms with Crippen LogP contribution in [0.3, 0.4) is 0 Å². The van der Waals surface area contributed by atoms with Crippen molar-refractivity contribution < 1.29 is 4.42 Å². The van der Waals surface area contributed by atoms with E-state index < -0.39 is 0 Å². The van der Waals surface area contributed by atoms with Gasteiger partial charge in [0.05, 0.1) is 5.02 Å². The fraction of sp³-hybridized carbons (Fsp3) is 0.143. The molecule has 0 atom stereocenters. The first kappa shape index (κ1) is 11.7. The molecule has 0 unspecified atom stereocenters. The van der Waals surface area contributed by atoms with Gasteiger partial charge < -0.3 is 9.32 Å². The summed E-state index contributed by atoms with van der Waals surface area (Å²) in [4.78, 5) is 2.09. The number of benzene rings is 1. The van der Waals surface area contributed by atoms with Crippen LogP contribution in [0, 0.1) is 0 Å². The first-order valence-electron chi connectivity index (χ1n) is 5.61. The molecule has 0 spiro atoms. The quantitative estimate of drug-likeness (QED) is 0.760. The summed E-state index contributed by atoms with van der Waals surface area (Å²) in [5, 5.41) is 2.09. The maximum absolute atomic E-state index is 6.11. The molecule has 1 aromatic carbocycles. The Morgan fingerprint density at radius 2 is 2.06 bits per heavy atom. The van der Waals surface area contributed by atoms with Crippen LogP contribution >= 0.6 is 23.2 Å². The first-order valence-corrected chi connectivity index (χ1v) is 6.36. The van der Waals surface area contributed by atoms with Crippen LogP contribution in [0.2, 0.25) is 10.0 Å². The molecule has 4 heteroatoms. The lowest BCUT2D eigenvalue weighted by Crippen LogP contribution is -2.13. The van der Waals surface area contributed by atoms with E-state index in [1.165, 1.54) is 0 Å². The fourth-order valence-electron chi connectivity index (χ4n) is 1.98. The van der Waals surface area contributed by atoms with Gasteiger partial charge in [0.2, 0.25) is 0 Å². The normalized spacial score (nSPS) is 15.3. The maximum Gasteiger partial charge on any atom is 0.153 e. The second kappa shape index (κ2) is 4.38. The van der Waals surface area contributed by atoms with Crippen molar-refractivity contribution in [1.29, 1.82) is 0 Å². The molecule has 3 rings (SSSR count). The Labute approximate surface area is 115 Å². The molecule has 2 aromatic rings. The highest BCUT2D eigenvalue weighted by molar-refractivity contribution is 6.38. The molecule has 92 valence electrons. The summed E-state index contributed by atoms with van der Waals surface area (Å²) < 4.78 is 5.80. The van der Waals surface area contributed by atoms with Gasteiger partial charge in [-0.3, -0.25) is 0 Å². The van der Waals surface area contributed by atoms with Crippen LogP contribution in [0.4, 0.5) is 0 Å². The minimum absolute atomic E-state index is 0.543. The molecule has 0 amide bonds. The Hall–Kier alpha value is -1.38. The largest absolute Gasteiger partial charge is 0.455 e. The third kappa shape index (κ3) is 2.02. The van der Waals surface area contributed by atoms with E-state index in [2.05, 4.69) is 11.0 Å². The number of furan rings is 1. The molecule has 1 aromatic heterocycles. The van der Waals surface area contributed by atoms with Crippen molar-refractivity contribution in [1.82, 2.24) is 4.90 Å². The van der Waals surface area contributed by atoms with Crippen LogP contribution in [0.25, 0.3) is 16.5 Å². The Kier molecular flexibility index (Phi) is 2.84. The topological polar surface area (TPSA) is 16.4 Å². The molecule has 0 saturated heterocycles. The highest BCUT2D eigenvalue weighted by Gasteiger charge is 2.12. The number of rotatable bonds is 1. The summed E-state index contributed by atoms with van der Waals surface area (Å²) >= 11 is 12.1. The molecule has 1 aliphatic heterocycles. The van der Waals surface area contributed by atoms with Gasteiger partial charge in [-0.05, 0) is 30.5 Å². The summed E-state index contributed by atoms with van der Waals surface area (Å²) in [5.41, 5.74) is 1.75. The van der Waals surface area contributed by atoms with Crippen molar-refractivity contribution in [2.75, 3.05) is 13.6 Å². The highest BCUT2D eigenvalue weighted by atomic mass is 35.5. The van der Waals surface area contributed by atoms with E-state index in [1.54, 1.807) is 6.07 Å². The number of nitrogens with zero attached hydrogens (tertiary/aromatic N) is 1. The van der Waals surface area contributed by atoms with Crippen molar-refractivity contribution in [2.24, 2.45) is 0 Å². The number of halogens is 2. The summed E-state index contributed by atoms with van der Waals surface area (Å²) in [7, 11) is 2.03. The van der Waals surface area contributed by atoms with E-state index in [9.17, 15) is 0 Å². The summed E-state index contributed by atoms with van der Waals surface area (Å²) in [6.07, 6.45) is 6.17. The van der Waals surface area contributed by atoms with Crippen molar-refractivity contribution >= 4 is 39.7 Å². The molecule has 0 saturated carbocycles. The third-order valence-corrected chi connectivity index (χ3v) is 3.43. The number of hydrogen-bond donors (Lipinski definition) is 0. The highest BCUT2D eigenvalue weighted by Crippen LogP contribution is 2.33. The standard InChI is InChI=1S/C14H11Cl2NO/c1-17-4-2-9(3-5-17)13-7-10-6-11(15)8-12(16)14(10)18-13/h2-4,6-8H,5H2,1H3. The minimum atomic E-state index is 0.543. The van der Waals surface area contributed by atoms with Gasteiger partial charge in [-0.25, -0.2) is 0 Å². The van der Waals surface area contributed by atoms with Crippen LogP contribution in [0.1, 0.15) is 5.76 Å². The van der Waals surface area contributed by atoms with E-state index in [0.29, 0.717) is 15.6 Å². The van der Waals surface area contributed by atoms with E-state index in [4.69, 9.17) is 27.6 Å². The fourth-order valence-corrected chi connectivity index (χ4v) is 2.53. The zero-order valence-electron chi connectivity index (χ0n) is 9.78. The Bertz CT molecular complexity index is 670. The van der Waals surface area contributed by atoms with Crippen molar-refractivity contribution in [3.63, 3.8) is 0 Å². The molecule has 0 N–H and O–H groups in total. The lowest BCUT2D eigenvalue weighted by atomic mass is 10.1. The zero-order valence-corrected chi connectivity index (χ0v) is 11.3. The van der Waals surface area contributed by atoms with Crippen molar-refractivity contribution in [3.8, 4) is 0 Å². The van der Waals surface area contributed by atoms with Crippen LogP contribution in [-0.4, -0.2) is 18.5 Å². The molecule has 0 bridgehead atoms.